The first kappa shape index (κ1) is 22.4. The van der Waals surface area contributed by atoms with Gasteiger partial charge in [0.25, 0.3) is 5.91 Å². The number of halogens is 4. The van der Waals surface area contributed by atoms with E-state index in [9.17, 15) is 22.4 Å². The van der Waals surface area contributed by atoms with Crippen molar-refractivity contribution in [3.63, 3.8) is 0 Å². The molecule has 1 N–H and O–H groups in total. The number of benzene rings is 1. The monoisotopic (exact) mass is 436 g/mol. The van der Waals surface area contributed by atoms with E-state index in [4.69, 9.17) is 4.74 Å². The van der Waals surface area contributed by atoms with E-state index < -0.39 is 17.6 Å². The minimum absolute atomic E-state index is 0.000703. The molecule has 0 fully saturated rings. The van der Waals surface area contributed by atoms with Crippen molar-refractivity contribution in [3.05, 3.63) is 76.6 Å². The molecule has 3 rings (SSSR count). The largest absolute Gasteiger partial charge is 0.416 e. The van der Waals surface area contributed by atoms with E-state index in [2.05, 4.69) is 15.4 Å². The molecule has 31 heavy (non-hydrogen) atoms. The van der Waals surface area contributed by atoms with Crippen LogP contribution in [0.3, 0.4) is 0 Å². The molecule has 0 aliphatic rings. The molecular formula is C21H20F4N4O2. The molecule has 1 aromatic carbocycles. The third kappa shape index (κ3) is 5.66. The van der Waals surface area contributed by atoms with Crippen LogP contribution in [0.25, 0.3) is 5.69 Å². The van der Waals surface area contributed by atoms with Crippen LogP contribution in [0.15, 0.2) is 42.7 Å². The molecule has 0 aliphatic carbocycles. The van der Waals surface area contributed by atoms with E-state index in [-0.39, 0.29) is 17.9 Å². The van der Waals surface area contributed by atoms with Gasteiger partial charge in [-0.25, -0.2) is 9.07 Å². The zero-order valence-corrected chi connectivity index (χ0v) is 16.8. The molecular weight excluding hydrogens is 416 g/mol. The molecule has 0 atom stereocenters. The lowest BCUT2D eigenvalue weighted by atomic mass is 10.0. The number of rotatable bonds is 7. The van der Waals surface area contributed by atoms with E-state index in [0.29, 0.717) is 41.9 Å². The van der Waals surface area contributed by atoms with Crippen LogP contribution >= 0.6 is 0 Å². The highest BCUT2D eigenvalue weighted by molar-refractivity contribution is 5.95. The molecule has 0 bridgehead atoms. The summed E-state index contributed by atoms with van der Waals surface area (Å²) in [5.41, 5.74) is 0.979. The number of nitrogens with one attached hydrogen (secondary N) is 1. The number of carbonyl (C=O) groups is 1. The van der Waals surface area contributed by atoms with Gasteiger partial charge >= 0.3 is 6.18 Å². The highest BCUT2D eigenvalue weighted by Crippen LogP contribution is 2.31. The van der Waals surface area contributed by atoms with Gasteiger partial charge in [-0.05, 0) is 42.8 Å². The summed E-state index contributed by atoms with van der Waals surface area (Å²) in [6, 6.07) is 5.67. The first-order valence-corrected chi connectivity index (χ1v) is 9.32. The average molecular weight is 436 g/mol. The number of methoxy groups -OCH3 is 1. The highest BCUT2D eigenvalue weighted by atomic mass is 19.4. The van der Waals surface area contributed by atoms with E-state index in [1.165, 1.54) is 18.0 Å². The van der Waals surface area contributed by atoms with Crippen LogP contribution in [0.4, 0.5) is 17.6 Å². The van der Waals surface area contributed by atoms with Gasteiger partial charge in [0.15, 0.2) is 0 Å². The molecule has 0 aliphatic heterocycles. The summed E-state index contributed by atoms with van der Waals surface area (Å²) in [7, 11) is 1.53. The van der Waals surface area contributed by atoms with Gasteiger partial charge in [-0.1, -0.05) is 0 Å². The second-order valence-corrected chi connectivity index (χ2v) is 6.85. The molecule has 164 valence electrons. The van der Waals surface area contributed by atoms with E-state index in [1.807, 2.05) is 0 Å². The molecule has 1 amide bonds. The van der Waals surface area contributed by atoms with E-state index in [0.717, 1.165) is 12.1 Å². The number of carbonyl (C=O) groups excluding carboxylic acids is 1. The number of hydrogen-bond donors (Lipinski definition) is 1. The second-order valence-electron chi connectivity index (χ2n) is 6.85. The van der Waals surface area contributed by atoms with Crippen molar-refractivity contribution in [2.45, 2.75) is 19.5 Å². The van der Waals surface area contributed by atoms with Gasteiger partial charge in [-0.15, -0.1) is 0 Å². The fraction of sp³-hybridized carbons (Fsp3) is 0.286. The van der Waals surface area contributed by atoms with Crippen LogP contribution < -0.4 is 5.32 Å². The topological polar surface area (TPSA) is 69.0 Å². The Morgan fingerprint density at radius 3 is 2.71 bits per heavy atom. The predicted octanol–water partition coefficient (Wildman–Crippen LogP) is 3.70. The summed E-state index contributed by atoms with van der Waals surface area (Å²) in [5, 5.41) is 7.04. The molecule has 0 unspecified atom stereocenters. The van der Waals surface area contributed by atoms with Crippen molar-refractivity contribution in [1.82, 2.24) is 20.1 Å². The number of amides is 1. The van der Waals surface area contributed by atoms with Crippen molar-refractivity contribution in [1.29, 1.82) is 0 Å². The van der Waals surface area contributed by atoms with Crippen LogP contribution in [-0.2, 0) is 17.3 Å². The Morgan fingerprint density at radius 2 is 2.00 bits per heavy atom. The fourth-order valence-corrected chi connectivity index (χ4v) is 3.01. The van der Waals surface area contributed by atoms with Gasteiger partial charge in [0.05, 0.1) is 29.1 Å². The van der Waals surface area contributed by atoms with Gasteiger partial charge in [-0.2, -0.15) is 18.3 Å². The van der Waals surface area contributed by atoms with Crippen LogP contribution in [-0.4, -0.2) is 40.9 Å². The first-order chi connectivity index (χ1) is 14.7. The van der Waals surface area contributed by atoms with Crippen LogP contribution in [0.2, 0.25) is 0 Å². The van der Waals surface area contributed by atoms with Gasteiger partial charge in [-0.3, -0.25) is 9.78 Å². The third-order valence-electron chi connectivity index (χ3n) is 4.47. The zero-order valence-electron chi connectivity index (χ0n) is 16.8. The molecule has 2 heterocycles. The Kier molecular flexibility index (Phi) is 6.69. The highest BCUT2D eigenvalue weighted by Gasteiger charge is 2.31. The number of nitrogens with zero attached hydrogens (tertiary/aromatic N) is 3. The molecule has 0 spiro atoms. The lowest BCUT2D eigenvalue weighted by Gasteiger charge is -2.10. The smallest absolute Gasteiger partial charge is 0.383 e. The Bertz CT molecular complexity index is 1080. The molecule has 6 nitrogen and oxygen atoms in total. The standard InChI is InChI=1S/C21H20F4N4O2/c1-13-19(20(30)27-5-6-31-2)12-29(28-13)18-3-4-26-17(11-18)9-14-7-15(21(23,24)25)10-16(22)8-14/h3-4,7-8,10-12H,5-6,9H2,1-2H3,(H,27,30). The lowest BCUT2D eigenvalue weighted by Crippen LogP contribution is -2.27. The summed E-state index contributed by atoms with van der Waals surface area (Å²) < 4.78 is 58.9. The molecule has 0 saturated carbocycles. The fourth-order valence-electron chi connectivity index (χ4n) is 3.01. The number of aryl methyl sites for hydroxylation is 1. The maximum Gasteiger partial charge on any atom is 0.416 e. The summed E-state index contributed by atoms with van der Waals surface area (Å²) in [4.78, 5) is 16.4. The van der Waals surface area contributed by atoms with Crippen LogP contribution in [0.1, 0.15) is 32.9 Å². The molecule has 0 radical (unpaired) electrons. The van der Waals surface area contributed by atoms with Crippen molar-refractivity contribution < 1.29 is 27.1 Å². The van der Waals surface area contributed by atoms with Crippen LogP contribution in [0.5, 0.6) is 0 Å². The van der Waals surface area contributed by atoms with E-state index in [1.54, 1.807) is 25.3 Å². The summed E-state index contributed by atoms with van der Waals surface area (Å²) in [5.74, 6) is -1.26. The van der Waals surface area contributed by atoms with Gasteiger partial charge < -0.3 is 10.1 Å². The van der Waals surface area contributed by atoms with Gasteiger partial charge in [0.1, 0.15) is 5.82 Å². The third-order valence-corrected chi connectivity index (χ3v) is 4.47. The van der Waals surface area contributed by atoms with Crippen molar-refractivity contribution in [2.75, 3.05) is 20.3 Å². The lowest BCUT2D eigenvalue weighted by molar-refractivity contribution is -0.137. The summed E-state index contributed by atoms with van der Waals surface area (Å²) in [6.45, 7) is 2.42. The van der Waals surface area contributed by atoms with Crippen molar-refractivity contribution in [3.8, 4) is 5.69 Å². The number of aromatic nitrogens is 3. The molecule has 0 saturated heterocycles. The SMILES string of the molecule is COCCNC(=O)c1cn(-c2ccnc(Cc3cc(F)cc(C(F)(F)F)c3)c2)nc1C. The number of pyridine rings is 1. The summed E-state index contributed by atoms with van der Waals surface area (Å²) >= 11 is 0. The Labute approximate surface area is 175 Å². The van der Waals surface area contributed by atoms with Crippen molar-refractivity contribution >= 4 is 5.91 Å². The van der Waals surface area contributed by atoms with Gasteiger partial charge in [0, 0.05) is 38.2 Å². The number of hydrogen-bond acceptors (Lipinski definition) is 4. The minimum Gasteiger partial charge on any atom is -0.383 e. The zero-order chi connectivity index (χ0) is 22.6. The van der Waals surface area contributed by atoms with Crippen LogP contribution in [0, 0.1) is 12.7 Å². The molecule has 2 aromatic heterocycles. The summed E-state index contributed by atoms with van der Waals surface area (Å²) in [6.07, 6.45) is -1.61. The van der Waals surface area contributed by atoms with Crippen molar-refractivity contribution in [2.24, 2.45) is 0 Å². The number of ether oxygens (including phenoxy) is 1. The number of alkyl halides is 3. The Hall–Kier alpha value is -3.27. The quantitative estimate of drug-likeness (QED) is 0.453. The van der Waals surface area contributed by atoms with Gasteiger partial charge in [0.2, 0.25) is 0 Å². The molecule has 10 heteroatoms. The molecule has 3 aromatic rings. The second kappa shape index (κ2) is 9.25. The maximum absolute atomic E-state index is 13.7. The normalized spacial score (nSPS) is 11.5. The Morgan fingerprint density at radius 1 is 1.23 bits per heavy atom. The predicted molar refractivity (Wildman–Crippen MR) is 105 cm³/mol. The maximum atomic E-state index is 13.7. The minimum atomic E-state index is -4.64. The van der Waals surface area contributed by atoms with E-state index >= 15 is 0 Å². The average Bonchev–Trinajstić information content (AvgIpc) is 3.09. The Balaban J connectivity index is 1.82. The first-order valence-electron chi connectivity index (χ1n) is 9.32.